The van der Waals surface area contributed by atoms with Crippen LogP contribution < -0.4 is 4.90 Å². The molecule has 0 aliphatic carbocycles. The third-order valence-corrected chi connectivity index (χ3v) is 2.81. The molecule has 0 saturated carbocycles. The first-order valence-electron chi connectivity index (χ1n) is 6.28. The van der Waals surface area contributed by atoms with E-state index in [1.54, 1.807) is 6.08 Å². The molecule has 0 heterocycles. The zero-order valence-electron chi connectivity index (χ0n) is 11.3. The van der Waals surface area contributed by atoms with Crippen molar-refractivity contribution in [1.82, 2.24) is 0 Å². The zero-order chi connectivity index (χ0) is 14.1. The van der Waals surface area contributed by atoms with Gasteiger partial charge in [-0.05, 0) is 37.6 Å². The molecule has 0 saturated heterocycles. The lowest BCUT2D eigenvalue weighted by atomic mass is 10.1. The Bertz CT molecular complexity index is 519. The molecule has 0 atom stereocenters. The minimum atomic E-state index is 0.107. The number of rotatable bonds is 5. The average molecular weight is 251 g/mol. The highest BCUT2D eigenvalue weighted by Gasteiger charge is 1.99. The van der Waals surface area contributed by atoms with Gasteiger partial charge in [0.2, 0.25) is 0 Å². The minimum Gasteiger partial charge on any atom is -0.372 e. The van der Waals surface area contributed by atoms with Crippen molar-refractivity contribution < 1.29 is 0 Å². The van der Waals surface area contributed by atoms with Crippen LogP contribution in [0.2, 0.25) is 0 Å². The van der Waals surface area contributed by atoms with Crippen molar-refractivity contribution in [2.45, 2.75) is 13.8 Å². The van der Waals surface area contributed by atoms with Gasteiger partial charge in [-0.1, -0.05) is 24.3 Å². The predicted octanol–water partition coefficient (Wildman–Crippen LogP) is 3.52. The smallest absolute Gasteiger partial charge is 0.129 e. The quantitative estimate of drug-likeness (QED) is 0.594. The summed E-state index contributed by atoms with van der Waals surface area (Å²) in [4.78, 5) is 2.27. The van der Waals surface area contributed by atoms with Crippen LogP contribution in [0, 0.1) is 22.7 Å². The predicted molar refractivity (Wildman–Crippen MR) is 78.3 cm³/mol. The number of allylic oxidation sites excluding steroid dienone is 3. The Morgan fingerprint density at radius 1 is 1.11 bits per heavy atom. The Kier molecular flexibility index (Phi) is 5.92. The molecule has 0 bridgehead atoms. The van der Waals surface area contributed by atoms with Gasteiger partial charge in [0.15, 0.2) is 0 Å². The van der Waals surface area contributed by atoms with Gasteiger partial charge >= 0.3 is 0 Å². The van der Waals surface area contributed by atoms with E-state index in [4.69, 9.17) is 10.5 Å². The molecule has 0 aliphatic rings. The number of hydrogen-bond acceptors (Lipinski definition) is 3. The molecule has 1 rings (SSSR count). The third-order valence-electron chi connectivity index (χ3n) is 2.81. The van der Waals surface area contributed by atoms with Gasteiger partial charge in [0.1, 0.15) is 17.7 Å². The normalized spacial score (nSPS) is 9.68. The molecular formula is C16H17N3. The number of nitrogens with zero attached hydrogens (tertiary/aromatic N) is 3. The van der Waals surface area contributed by atoms with Crippen LogP contribution in [0.25, 0.3) is 6.08 Å². The molecule has 3 nitrogen and oxygen atoms in total. The lowest BCUT2D eigenvalue weighted by Crippen LogP contribution is -2.21. The molecule has 19 heavy (non-hydrogen) atoms. The first-order chi connectivity index (χ1) is 9.24. The van der Waals surface area contributed by atoms with E-state index < -0.39 is 0 Å². The van der Waals surface area contributed by atoms with Crippen LogP contribution in [-0.4, -0.2) is 13.1 Å². The molecule has 0 unspecified atom stereocenters. The van der Waals surface area contributed by atoms with Crippen LogP contribution in [0.4, 0.5) is 5.69 Å². The van der Waals surface area contributed by atoms with Crippen molar-refractivity contribution in [3.63, 3.8) is 0 Å². The first kappa shape index (κ1) is 14.5. The molecular weight excluding hydrogens is 234 g/mol. The lowest BCUT2D eigenvalue weighted by Gasteiger charge is -2.20. The number of hydrogen-bond donors (Lipinski definition) is 0. The average Bonchev–Trinajstić information content (AvgIpc) is 2.46. The molecule has 0 aromatic heterocycles. The number of benzene rings is 1. The Balaban J connectivity index is 2.79. The standard InChI is InChI=1S/C16H17N3/c1-3-19(4-2)16-10-8-14(9-11-16)6-5-7-15(12-17)13-18/h5-11H,3-4H2,1-2H3. The van der Waals surface area contributed by atoms with Crippen LogP contribution in [0.1, 0.15) is 19.4 Å². The zero-order valence-corrected chi connectivity index (χ0v) is 11.3. The highest BCUT2D eigenvalue weighted by Crippen LogP contribution is 2.15. The molecule has 0 spiro atoms. The summed E-state index contributed by atoms with van der Waals surface area (Å²) < 4.78 is 0. The molecule has 0 radical (unpaired) electrons. The van der Waals surface area contributed by atoms with Crippen LogP contribution >= 0.6 is 0 Å². The Morgan fingerprint density at radius 2 is 1.68 bits per heavy atom. The van der Waals surface area contributed by atoms with Gasteiger partial charge < -0.3 is 4.90 Å². The number of nitriles is 2. The molecule has 0 amide bonds. The van der Waals surface area contributed by atoms with Gasteiger partial charge in [-0.2, -0.15) is 10.5 Å². The lowest BCUT2D eigenvalue weighted by molar-refractivity contribution is 0.866. The van der Waals surface area contributed by atoms with Crippen LogP contribution in [0.3, 0.4) is 0 Å². The maximum Gasteiger partial charge on any atom is 0.129 e. The van der Waals surface area contributed by atoms with Crippen molar-refractivity contribution in [1.29, 1.82) is 10.5 Å². The van der Waals surface area contributed by atoms with Gasteiger partial charge in [0, 0.05) is 18.8 Å². The largest absolute Gasteiger partial charge is 0.372 e. The van der Waals surface area contributed by atoms with E-state index in [0.29, 0.717) is 0 Å². The summed E-state index contributed by atoms with van der Waals surface area (Å²) in [6.45, 7) is 6.24. The molecule has 0 aliphatic heterocycles. The molecule has 0 N–H and O–H groups in total. The van der Waals surface area contributed by atoms with Gasteiger partial charge in [-0.15, -0.1) is 0 Å². The highest BCUT2D eigenvalue weighted by molar-refractivity contribution is 5.57. The fraction of sp³-hybridized carbons (Fsp3) is 0.250. The fourth-order valence-electron chi connectivity index (χ4n) is 1.74. The second-order valence-electron chi connectivity index (χ2n) is 3.93. The van der Waals surface area contributed by atoms with Crippen molar-refractivity contribution >= 4 is 11.8 Å². The van der Waals surface area contributed by atoms with Crippen molar-refractivity contribution in [2.75, 3.05) is 18.0 Å². The maximum absolute atomic E-state index is 8.59. The van der Waals surface area contributed by atoms with Crippen LogP contribution in [0.5, 0.6) is 0 Å². The van der Waals surface area contributed by atoms with Crippen molar-refractivity contribution in [3.05, 3.63) is 47.6 Å². The topological polar surface area (TPSA) is 50.8 Å². The van der Waals surface area contributed by atoms with Gasteiger partial charge in [-0.3, -0.25) is 0 Å². The van der Waals surface area contributed by atoms with Crippen molar-refractivity contribution in [2.24, 2.45) is 0 Å². The van der Waals surface area contributed by atoms with Crippen LogP contribution in [-0.2, 0) is 0 Å². The van der Waals surface area contributed by atoms with Crippen LogP contribution in [0.15, 0.2) is 42.0 Å². The maximum atomic E-state index is 8.59. The minimum absolute atomic E-state index is 0.107. The van der Waals surface area contributed by atoms with Gasteiger partial charge in [-0.25, -0.2) is 0 Å². The SMILES string of the molecule is CCN(CC)c1ccc(C=CC=C(C#N)C#N)cc1. The van der Waals surface area contributed by atoms with E-state index in [-0.39, 0.29) is 5.57 Å². The van der Waals surface area contributed by atoms with Gasteiger partial charge in [0.05, 0.1) is 0 Å². The van der Waals surface area contributed by atoms with E-state index >= 15 is 0 Å². The Morgan fingerprint density at radius 3 is 2.16 bits per heavy atom. The van der Waals surface area contributed by atoms with E-state index in [1.807, 2.05) is 30.3 Å². The summed E-state index contributed by atoms with van der Waals surface area (Å²) >= 11 is 0. The second-order valence-corrected chi connectivity index (χ2v) is 3.93. The number of anilines is 1. The molecule has 96 valence electrons. The summed E-state index contributed by atoms with van der Waals surface area (Å²) in [5.74, 6) is 0. The first-order valence-corrected chi connectivity index (χ1v) is 6.28. The molecule has 1 aromatic rings. The summed E-state index contributed by atoms with van der Waals surface area (Å²) in [5, 5.41) is 17.2. The summed E-state index contributed by atoms with van der Waals surface area (Å²) in [5.41, 5.74) is 2.35. The van der Waals surface area contributed by atoms with E-state index in [9.17, 15) is 0 Å². The summed E-state index contributed by atoms with van der Waals surface area (Å²) in [6, 6.07) is 11.8. The van der Waals surface area contributed by atoms with Gasteiger partial charge in [0.25, 0.3) is 0 Å². The van der Waals surface area contributed by atoms with E-state index in [0.717, 1.165) is 18.7 Å². The second kappa shape index (κ2) is 7.74. The van der Waals surface area contributed by atoms with E-state index in [1.165, 1.54) is 11.8 Å². The fourth-order valence-corrected chi connectivity index (χ4v) is 1.74. The summed E-state index contributed by atoms with van der Waals surface area (Å²) in [7, 11) is 0. The van der Waals surface area contributed by atoms with E-state index in [2.05, 4.69) is 30.9 Å². The molecule has 0 fully saturated rings. The summed E-state index contributed by atoms with van der Waals surface area (Å²) in [6.07, 6.45) is 5.10. The molecule has 3 heteroatoms. The monoisotopic (exact) mass is 251 g/mol. The molecule has 1 aromatic carbocycles. The van der Waals surface area contributed by atoms with Crippen molar-refractivity contribution in [3.8, 4) is 12.1 Å². The Hall–Kier alpha value is -2.52. The third kappa shape index (κ3) is 4.33. The highest BCUT2D eigenvalue weighted by atomic mass is 15.1. The Labute approximate surface area is 114 Å².